The van der Waals surface area contributed by atoms with Gasteiger partial charge in [-0.15, -0.1) is 6.58 Å². The molecule has 30 heavy (non-hydrogen) atoms. The van der Waals surface area contributed by atoms with Crippen LogP contribution in [0.15, 0.2) is 67.5 Å². The summed E-state index contributed by atoms with van der Waals surface area (Å²) in [6, 6.07) is 12.3. The molecule has 1 unspecified atom stereocenters. The van der Waals surface area contributed by atoms with Crippen LogP contribution in [0.5, 0.6) is 0 Å². The number of aromatic nitrogens is 2. The number of fused-ring (bicyclic) bond motifs is 1. The third kappa shape index (κ3) is 3.61. The number of amides is 2. The van der Waals surface area contributed by atoms with E-state index in [1.165, 1.54) is 4.90 Å². The fourth-order valence-corrected chi connectivity index (χ4v) is 3.85. The lowest BCUT2D eigenvalue weighted by Crippen LogP contribution is -2.44. The summed E-state index contributed by atoms with van der Waals surface area (Å²) in [5.74, 6) is -1.24. The first kappa shape index (κ1) is 19.6. The summed E-state index contributed by atoms with van der Waals surface area (Å²) in [5.41, 5.74) is 1.62. The fourth-order valence-electron chi connectivity index (χ4n) is 3.85. The molecular weight excluding hydrogens is 380 g/mol. The van der Waals surface area contributed by atoms with Gasteiger partial charge in [0.15, 0.2) is 0 Å². The quantitative estimate of drug-likeness (QED) is 0.411. The van der Waals surface area contributed by atoms with Crippen LogP contribution in [-0.2, 0) is 4.79 Å². The highest BCUT2D eigenvalue weighted by Crippen LogP contribution is 2.19. The van der Waals surface area contributed by atoms with E-state index in [1.54, 1.807) is 47.6 Å². The Morgan fingerprint density at radius 3 is 2.63 bits per heavy atom. The number of carbonyl (C=O) groups is 3. The van der Waals surface area contributed by atoms with Gasteiger partial charge in [-0.1, -0.05) is 24.3 Å². The average Bonchev–Trinajstić information content (AvgIpc) is 3.10. The standard InChI is InChI=1S/C23H22N4O3/c1-2-17-10-12-26(22(29)16-7-4-3-5-8-16)13-14-27(17)23(30)20(28)19-15-25-21-18(19)9-6-11-24-21/h2-9,11,15,17H,1,10,12-14H2,(H,24,25)/p+1. The number of hydrogen-bond acceptors (Lipinski definition) is 3. The van der Waals surface area contributed by atoms with Crippen LogP contribution in [0.1, 0.15) is 27.1 Å². The summed E-state index contributed by atoms with van der Waals surface area (Å²) in [5, 5.41) is 0.668. The Kier molecular flexibility index (Phi) is 5.43. The van der Waals surface area contributed by atoms with E-state index >= 15 is 0 Å². The number of aromatic amines is 2. The van der Waals surface area contributed by atoms with Crippen molar-refractivity contribution >= 4 is 28.6 Å². The van der Waals surface area contributed by atoms with Gasteiger partial charge in [0.25, 0.3) is 23.2 Å². The van der Waals surface area contributed by atoms with E-state index in [-0.39, 0.29) is 18.5 Å². The first-order valence-corrected chi connectivity index (χ1v) is 9.90. The highest BCUT2D eigenvalue weighted by molar-refractivity contribution is 6.44. The SMILES string of the molecule is C=CC1CCN(C(=O)c2ccccc2)CCN1C(=O)C(=O)c1c[nH]c2[nH+]cccc12. The zero-order chi connectivity index (χ0) is 21.1. The van der Waals surface area contributed by atoms with Crippen molar-refractivity contribution in [3.63, 3.8) is 0 Å². The molecular formula is C23H23N4O3+. The Morgan fingerprint density at radius 2 is 1.87 bits per heavy atom. The molecule has 0 radical (unpaired) electrons. The predicted molar refractivity (Wildman–Crippen MR) is 112 cm³/mol. The summed E-state index contributed by atoms with van der Waals surface area (Å²) >= 11 is 0. The van der Waals surface area contributed by atoms with Gasteiger partial charge in [-0.25, -0.2) is 9.97 Å². The first-order valence-electron chi connectivity index (χ1n) is 9.90. The molecule has 152 valence electrons. The van der Waals surface area contributed by atoms with E-state index in [2.05, 4.69) is 16.5 Å². The lowest BCUT2D eigenvalue weighted by atomic mass is 10.1. The van der Waals surface area contributed by atoms with E-state index in [1.807, 2.05) is 18.2 Å². The van der Waals surface area contributed by atoms with E-state index < -0.39 is 11.7 Å². The van der Waals surface area contributed by atoms with Gasteiger partial charge in [-0.3, -0.25) is 14.4 Å². The molecule has 2 N–H and O–H groups in total. The Morgan fingerprint density at radius 1 is 1.07 bits per heavy atom. The van der Waals surface area contributed by atoms with Crippen LogP contribution in [0, 0.1) is 0 Å². The van der Waals surface area contributed by atoms with Crippen molar-refractivity contribution in [3.05, 3.63) is 78.6 Å². The fraction of sp³-hybridized carbons (Fsp3) is 0.217. The molecule has 3 heterocycles. The summed E-state index contributed by atoms with van der Waals surface area (Å²) in [6.07, 6.45) is 5.50. The second kappa shape index (κ2) is 8.32. The maximum atomic E-state index is 13.1. The van der Waals surface area contributed by atoms with Crippen LogP contribution in [0.25, 0.3) is 11.0 Å². The highest BCUT2D eigenvalue weighted by Gasteiger charge is 2.33. The highest BCUT2D eigenvalue weighted by atomic mass is 16.2. The third-order valence-electron chi connectivity index (χ3n) is 5.49. The second-order valence-corrected chi connectivity index (χ2v) is 7.24. The number of ketones is 1. The lowest BCUT2D eigenvalue weighted by Gasteiger charge is -2.26. The van der Waals surface area contributed by atoms with Gasteiger partial charge >= 0.3 is 0 Å². The van der Waals surface area contributed by atoms with Crippen LogP contribution in [-0.4, -0.2) is 58.1 Å². The number of Topliss-reactive ketones (excluding diaryl/α,β-unsaturated/α-hetero) is 1. The molecule has 0 saturated carbocycles. The van der Waals surface area contributed by atoms with Crippen LogP contribution in [0.4, 0.5) is 0 Å². The number of pyridine rings is 1. The molecule has 1 atom stereocenters. The Balaban J connectivity index is 1.54. The minimum Gasteiger partial charge on any atom is -0.337 e. The molecule has 4 rings (SSSR count). The lowest BCUT2D eigenvalue weighted by molar-refractivity contribution is -0.347. The average molecular weight is 403 g/mol. The monoisotopic (exact) mass is 403 g/mol. The molecule has 3 aromatic rings. The molecule has 1 fully saturated rings. The molecule has 7 heteroatoms. The van der Waals surface area contributed by atoms with Crippen LogP contribution < -0.4 is 4.98 Å². The molecule has 2 aromatic heterocycles. The molecule has 0 aliphatic carbocycles. The molecule has 1 aliphatic heterocycles. The van der Waals surface area contributed by atoms with Gasteiger partial charge in [0.1, 0.15) is 6.20 Å². The first-order chi connectivity index (χ1) is 14.6. The van der Waals surface area contributed by atoms with Gasteiger partial charge in [0.2, 0.25) is 0 Å². The van der Waals surface area contributed by atoms with Crippen molar-refractivity contribution in [2.75, 3.05) is 19.6 Å². The third-order valence-corrected chi connectivity index (χ3v) is 5.49. The number of nitrogens with one attached hydrogen (secondary N) is 2. The molecule has 1 aromatic carbocycles. The number of nitrogens with zero attached hydrogens (tertiary/aromatic N) is 2. The zero-order valence-corrected chi connectivity index (χ0v) is 16.5. The van der Waals surface area contributed by atoms with Gasteiger partial charge in [-0.2, -0.15) is 0 Å². The predicted octanol–water partition coefficient (Wildman–Crippen LogP) is 2.09. The molecule has 0 bridgehead atoms. The van der Waals surface area contributed by atoms with E-state index in [9.17, 15) is 14.4 Å². The number of benzene rings is 1. The Hall–Kier alpha value is -3.74. The van der Waals surface area contributed by atoms with Gasteiger partial charge in [0.05, 0.1) is 23.2 Å². The van der Waals surface area contributed by atoms with E-state index in [0.29, 0.717) is 41.7 Å². The van der Waals surface area contributed by atoms with Crippen molar-refractivity contribution in [3.8, 4) is 0 Å². The minimum atomic E-state index is -0.585. The molecule has 1 saturated heterocycles. The van der Waals surface area contributed by atoms with Gasteiger partial charge in [0, 0.05) is 25.2 Å². The normalized spacial score (nSPS) is 16.9. The van der Waals surface area contributed by atoms with Crippen LogP contribution in [0.3, 0.4) is 0 Å². The van der Waals surface area contributed by atoms with E-state index in [4.69, 9.17) is 0 Å². The largest absolute Gasteiger partial charge is 0.337 e. The number of rotatable bonds is 4. The summed E-state index contributed by atoms with van der Waals surface area (Å²) in [4.78, 5) is 48.2. The van der Waals surface area contributed by atoms with Crippen molar-refractivity contribution in [1.82, 2.24) is 14.8 Å². The maximum absolute atomic E-state index is 13.1. The Labute approximate surface area is 174 Å². The summed E-state index contributed by atoms with van der Waals surface area (Å²) in [7, 11) is 0. The summed E-state index contributed by atoms with van der Waals surface area (Å²) < 4.78 is 0. The zero-order valence-electron chi connectivity index (χ0n) is 16.5. The topological polar surface area (TPSA) is 87.6 Å². The van der Waals surface area contributed by atoms with Crippen molar-refractivity contribution in [1.29, 1.82) is 0 Å². The number of hydrogen-bond donors (Lipinski definition) is 1. The summed E-state index contributed by atoms with van der Waals surface area (Å²) in [6.45, 7) is 4.96. The second-order valence-electron chi connectivity index (χ2n) is 7.24. The smallest absolute Gasteiger partial charge is 0.295 e. The van der Waals surface area contributed by atoms with Gasteiger partial charge < -0.3 is 9.80 Å². The Bertz CT molecular complexity index is 1110. The molecule has 2 amide bonds. The number of H-pyrrole nitrogens is 2. The molecule has 7 nitrogen and oxygen atoms in total. The van der Waals surface area contributed by atoms with Crippen LogP contribution in [0.2, 0.25) is 0 Å². The van der Waals surface area contributed by atoms with E-state index in [0.717, 1.165) is 0 Å². The molecule has 1 aliphatic rings. The maximum Gasteiger partial charge on any atom is 0.295 e. The van der Waals surface area contributed by atoms with Crippen molar-refractivity contribution in [2.24, 2.45) is 0 Å². The molecule has 0 spiro atoms. The van der Waals surface area contributed by atoms with Gasteiger partial charge in [-0.05, 0) is 30.7 Å². The minimum absolute atomic E-state index is 0.0776. The van der Waals surface area contributed by atoms with Crippen molar-refractivity contribution < 1.29 is 19.4 Å². The van der Waals surface area contributed by atoms with Crippen molar-refractivity contribution in [2.45, 2.75) is 12.5 Å². The number of carbonyl (C=O) groups excluding carboxylic acids is 3. The van der Waals surface area contributed by atoms with Crippen LogP contribution >= 0.6 is 0 Å².